The lowest BCUT2D eigenvalue weighted by molar-refractivity contribution is 0.0500. The number of halogens is 2. The summed E-state index contributed by atoms with van der Waals surface area (Å²) >= 11 is 0. The number of nitrogens with zero attached hydrogens (tertiary/aromatic N) is 4. The molecule has 0 bridgehead atoms. The molecule has 1 aromatic carbocycles. The second-order valence-electron chi connectivity index (χ2n) is 6.54. The third kappa shape index (κ3) is 3.83. The molecule has 27 heavy (non-hydrogen) atoms. The van der Waals surface area contributed by atoms with E-state index in [0.717, 1.165) is 12.1 Å². The standard InChI is InChI=1S/C16H19F2N5O3S/c1-10-8-23(11(2)7-22(10)16(24)15-6-19-21-20-15)27(25,26)9-12-13(17)4-3-5-14(12)18/h3-6,10-11H,7-9H2,1-2H3,(H,19,20,21)/t10-,11+/m0/s1. The molecule has 1 aromatic heterocycles. The molecule has 0 radical (unpaired) electrons. The van der Waals surface area contributed by atoms with Crippen LogP contribution < -0.4 is 0 Å². The molecule has 1 aliphatic heterocycles. The summed E-state index contributed by atoms with van der Waals surface area (Å²) in [5.74, 6) is -2.95. The number of hydrogen-bond donors (Lipinski definition) is 1. The molecule has 11 heteroatoms. The molecule has 146 valence electrons. The van der Waals surface area contributed by atoms with Crippen LogP contribution in [0.5, 0.6) is 0 Å². The average molecular weight is 399 g/mol. The maximum Gasteiger partial charge on any atom is 0.276 e. The first-order chi connectivity index (χ1) is 12.7. The van der Waals surface area contributed by atoms with Gasteiger partial charge in [0.05, 0.1) is 11.9 Å². The minimum absolute atomic E-state index is 0.0170. The van der Waals surface area contributed by atoms with E-state index in [1.807, 2.05) is 0 Å². The normalized spacial score (nSPS) is 21.4. The fourth-order valence-electron chi connectivity index (χ4n) is 3.15. The number of aromatic amines is 1. The van der Waals surface area contributed by atoms with Crippen molar-refractivity contribution in [3.05, 3.63) is 47.3 Å². The molecule has 0 aliphatic carbocycles. The number of benzene rings is 1. The lowest BCUT2D eigenvalue weighted by atomic mass is 10.1. The van der Waals surface area contributed by atoms with Crippen LogP contribution in [0, 0.1) is 11.6 Å². The highest BCUT2D eigenvalue weighted by Crippen LogP contribution is 2.24. The zero-order valence-electron chi connectivity index (χ0n) is 14.8. The van der Waals surface area contributed by atoms with Crippen LogP contribution in [-0.4, -0.2) is 64.1 Å². The third-order valence-corrected chi connectivity index (χ3v) is 6.45. The molecule has 2 heterocycles. The molecular weight excluding hydrogens is 380 g/mol. The van der Waals surface area contributed by atoms with Crippen LogP contribution in [0.3, 0.4) is 0 Å². The van der Waals surface area contributed by atoms with Gasteiger partial charge in [-0.25, -0.2) is 17.2 Å². The van der Waals surface area contributed by atoms with E-state index < -0.39 is 45.1 Å². The molecule has 1 aliphatic rings. The number of amides is 1. The van der Waals surface area contributed by atoms with Crippen LogP contribution in [0.15, 0.2) is 24.4 Å². The number of hydrogen-bond acceptors (Lipinski definition) is 5. The zero-order chi connectivity index (χ0) is 19.8. The maximum absolute atomic E-state index is 13.9. The first-order valence-corrected chi connectivity index (χ1v) is 9.90. The molecule has 3 rings (SSSR count). The van der Waals surface area contributed by atoms with Gasteiger partial charge < -0.3 is 4.90 Å². The quantitative estimate of drug-likeness (QED) is 0.831. The van der Waals surface area contributed by atoms with Gasteiger partial charge in [-0.2, -0.15) is 19.7 Å². The second kappa shape index (κ2) is 7.31. The molecular formula is C16H19F2N5O3S. The van der Waals surface area contributed by atoms with Gasteiger partial charge in [-0.3, -0.25) is 4.79 Å². The Hall–Kier alpha value is -2.40. The van der Waals surface area contributed by atoms with Crippen LogP contribution in [0.25, 0.3) is 0 Å². The zero-order valence-corrected chi connectivity index (χ0v) is 15.6. The summed E-state index contributed by atoms with van der Waals surface area (Å²) in [4.78, 5) is 14.0. The molecule has 0 unspecified atom stereocenters. The van der Waals surface area contributed by atoms with Crippen LogP contribution in [0.4, 0.5) is 8.78 Å². The van der Waals surface area contributed by atoms with Crippen LogP contribution in [0.1, 0.15) is 29.9 Å². The lowest BCUT2D eigenvalue weighted by Crippen LogP contribution is -2.59. The van der Waals surface area contributed by atoms with E-state index in [2.05, 4.69) is 15.4 Å². The van der Waals surface area contributed by atoms with Crippen LogP contribution >= 0.6 is 0 Å². The lowest BCUT2D eigenvalue weighted by Gasteiger charge is -2.43. The molecule has 2 atom stereocenters. The summed E-state index contributed by atoms with van der Waals surface area (Å²) in [5, 5.41) is 9.71. The first kappa shape index (κ1) is 19.4. The van der Waals surface area contributed by atoms with Gasteiger partial charge in [-0.15, -0.1) is 0 Å². The van der Waals surface area contributed by atoms with Gasteiger partial charge in [0.25, 0.3) is 5.91 Å². The Morgan fingerprint density at radius 1 is 1.22 bits per heavy atom. The summed E-state index contributed by atoms with van der Waals surface area (Å²) in [6.45, 7) is 3.50. The number of carbonyl (C=O) groups is 1. The summed E-state index contributed by atoms with van der Waals surface area (Å²) in [6.07, 6.45) is 1.30. The van der Waals surface area contributed by atoms with Gasteiger partial charge >= 0.3 is 0 Å². The fourth-order valence-corrected chi connectivity index (χ4v) is 5.02. The van der Waals surface area contributed by atoms with Gasteiger partial charge in [-0.1, -0.05) is 6.07 Å². The number of nitrogens with one attached hydrogen (secondary N) is 1. The summed E-state index contributed by atoms with van der Waals surface area (Å²) in [6, 6.07) is 2.23. The van der Waals surface area contributed by atoms with E-state index in [-0.39, 0.29) is 24.7 Å². The molecule has 1 fully saturated rings. The third-order valence-electron chi connectivity index (χ3n) is 4.57. The number of rotatable bonds is 4. The molecule has 1 saturated heterocycles. The fraction of sp³-hybridized carbons (Fsp3) is 0.438. The molecule has 2 aromatic rings. The van der Waals surface area contributed by atoms with Gasteiger partial charge in [0, 0.05) is 30.7 Å². The van der Waals surface area contributed by atoms with E-state index in [4.69, 9.17) is 0 Å². The van der Waals surface area contributed by atoms with E-state index in [0.29, 0.717) is 0 Å². The molecule has 0 spiro atoms. The van der Waals surface area contributed by atoms with Crippen molar-refractivity contribution >= 4 is 15.9 Å². The Bertz CT molecular complexity index is 915. The van der Waals surface area contributed by atoms with Gasteiger partial charge in [0.1, 0.15) is 11.6 Å². The van der Waals surface area contributed by atoms with Gasteiger partial charge in [0.15, 0.2) is 5.69 Å². The van der Waals surface area contributed by atoms with Crippen molar-refractivity contribution in [3.63, 3.8) is 0 Å². The molecule has 0 saturated carbocycles. The number of H-pyrrole nitrogens is 1. The van der Waals surface area contributed by atoms with Crippen LogP contribution in [-0.2, 0) is 15.8 Å². The summed E-state index contributed by atoms with van der Waals surface area (Å²) < 4.78 is 54.5. The molecule has 1 N–H and O–H groups in total. The average Bonchev–Trinajstić information content (AvgIpc) is 3.14. The van der Waals surface area contributed by atoms with Crippen molar-refractivity contribution in [2.24, 2.45) is 0 Å². The number of aromatic nitrogens is 3. The number of sulfonamides is 1. The number of carbonyl (C=O) groups excluding carboxylic acids is 1. The highest BCUT2D eigenvalue weighted by Gasteiger charge is 2.39. The van der Waals surface area contributed by atoms with Crippen molar-refractivity contribution in [3.8, 4) is 0 Å². The minimum atomic E-state index is -3.99. The molecule has 8 nitrogen and oxygen atoms in total. The first-order valence-electron chi connectivity index (χ1n) is 8.30. The largest absolute Gasteiger partial charge is 0.332 e. The highest BCUT2D eigenvalue weighted by molar-refractivity contribution is 7.88. The van der Waals surface area contributed by atoms with Crippen LogP contribution in [0.2, 0.25) is 0 Å². The van der Waals surface area contributed by atoms with E-state index in [1.54, 1.807) is 13.8 Å². The Morgan fingerprint density at radius 2 is 1.89 bits per heavy atom. The predicted octanol–water partition coefficient (Wildman–Crippen LogP) is 1.15. The minimum Gasteiger partial charge on any atom is -0.332 e. The van der Waals surface area contributed by atoms with Crippen molar-refractivity contribution in [1.82, 2.24) is 24.6 Å². The van der Waals surface area contributed by atoms with Crippen molar-refractivity contribution in [2.45, 2.75) is 31.7 Å². The Balaban J connectivity index is 1.79. The monoisotopic (exact) mass is 399 g/mol. The summed E-state index contributed by atoms with van der Waals surface area (Å²) in [7, 11) is -3.99. The predicted molar refractivity (Wildman–Crippen MR) is 92.0 cm³/mol. The Kier molecular flexibility index (Phi) is 5.24. The van der Waals surface area contributed by atoms with E-state index in [1.165, 1.54) is 21.5 Å². The Labute approximate surface area is 155 Å². The van der Waals surface area contributed by atoms with E-state index >= 15 is 0 Å². The van der Waals surface area contributed by atoms with Crippen molar-refractivity contribution < 1.29 is 22.0 Å². The van der Waals surface area contributed by atoms with Gasteiger partial charge in [0.2, 0.25) is 10.0 Å². The topological polar surface area (TPSA) is 99.3 Å². The SMILES string of the molecule is C[C@@H]1CN(C(=O)c2cn[nH]n2)[C@@H](C)CN1S(=O)(=O)Cc1c(F)cccc1F. The second-order valence-corrected chi connectivity index (χ2v) is 8.46. The smallest absolute Gasteiger partial charge is 0.276 e. The van der Waals surface area contributed by atoms with Crippen molar-refractivity contribution in [1.29, 1.82) is 0 Å². The molecule has 1 amide bonds. The van der Waals surface area contributed by atoms with E-state index in [9.17, 15) is 22.0 Å². The summed E-state index contributed by atoms with van der Waals surface area (Å²) in [5.41, 5.74) is -0.350. The van der Waals surface area contributed by atoms with Crippen molar-refractivity contribution in [2.75, 3.05) is 13.1 Å². The maximum atomic E-state index is 13.9. The Morgan fingerprint density at radius 3 is 2.48 bits per heavy atom. The van der Waals surface area contributed by atoms with Gasteiger partial charge in [-0.05, 0) is 26.0 Å². The highest BCUT2D eigenvalue weighted by atomic mass is 32.2. The number of piperazine rings is 1.